The van der Waals surface area contributed by atoms with E-state index >= 15 is 0 Å². The van der Waals surface area contributed by atoms with Gasteiger partial charge in [0.25, 0.3) is 0 Å². The van der Waals surface area contributed by atoms with Gasteiger partial charge in [0.05, 0.1) is 58.3 Å². The van der Waals surface area contributed by atoms with Crippen LogP contribution in [0.15, 0.2) is 170 Å². The lowest BCUT2D eigenvalue weighted by Gasteiger charge is -2.45. The van der Waals surface area contributed by atoms with Gasteiger partial charge in [-0.15, -0.1) is 47.0 Å². The van der Waals surface area contributed by atoms with Gasteiger partial charge in [-0.05, 0) is 81.8 Å². The van der Waals surface area contributed by atoms with Gasteiger partial charge in [-0.3, -0.25) is 0 Å². The Hall–Kier alpha value is -3.45. The van der Waals surface area contributed by atoms with Gasteiger partial charge in [0, 0.05) is 11.5 Å². The fraction of sp³-hybridized carbons (Fsp3) is 0.438. The zero-order valence-corrected chi connectivity index (χ0v) is 50.6. The summed E-state index contributed by atoms with van der Waals surface area (Å²) in [7, 11) is -6.64. The number of hydrogen-bond donors (Lipinski definition) is 2. The van der Waals surface area contributed by atoms with E-state index in [4.69, 9.17) is 22.4 Å². The normalized spacial score (nSPS) is 21.5. The molecule has 3 aliphatic heterocycles. The van der Waals surface area contributed by atoms with Crippen LogP contribution in [0.4, 0.5) is 0 Å². The molecule has 0 bridgehead atoms. The third-order valence-corrected chi connectivity index (χ3v) is 28.5. The van der Waals surface area contributed by atoms with Crippen molar-refractivity contribution in [1.29, 1.82) is 0 Å². The Morgan fingerprint density at radius 3 is 1.35 bits per heavy atom. The highest BCUT2D eigenvalue weighted by molar-refractivity contribution is 8.17. The molecule has 0 saturated carbocycles. The van der Waals surface area contributed by atoms with Crippen LogP contribution in [0.3, 0.4) is 0 Å². The third-order valence-electron chi connectivity index (χ3n) is 14.5. The number of ether oxygens (including phenoxy) is 2. The molecule has 6 aromatic carbocycles. The molecule has 77 heavy (non-hydrogen) atoms. The van der Waals surface area contributed by atoms with Crippen LogP contribution >= 0.6 is 47.0 Å². The summed E-state index contributed by atoms with van der Waals surface area (Å²) in [5.74, 6) is 3.79. The first kappa shape index (κ1) is 59.7. The van der Waals surface area contributed by atoms with E-state index in [2.05, 4.69) is 184 Å². The number of aliphatic hydroxyl groups is 2. The molecule has 13 heteroatoms. The van der Waals surface area contributed by atoms with Gasteiger partial charge in [0.15, 0.2) is 0 Å². The predicted molar refractivity (Wildman–Crippen MR) is 334 cm³/mol. The van der Waals surface area contributed by atoms with E-state index in [0.29, 0.717) is 15.8 Å². The predicted octanol–water partition coefficient (Wildman–Crippen LogP) is 13.3. The molecule has 412 valence electrons. The molecular formula is C64H82O7S4Si2. The van der Waals surface area contributed by atoms with Crippen LogP contribution in [0.2, 0.25) is 0 Å². The van der Waals surface area contributed by atoms with E-state index in [9.17, 15) is 10.2 Å². The maximum absolute atomic E-state index is 9.85. The molecule has 2 N–H and O–H groups in total. The van der Waals surface area contributed by atoms with E-state index in [-0.39, 0.29) is 29.3 Å². The molecule has 0 amide bonds. The second-order valence-electron chi connectivity index (χ2n) is 20.3. The van der Waals surface area contributed by atoms with Crippen LogP contribution in [-0.4, -0.2) is 85.6 Å². The van der Waals surface area contributed by atoms with Crippen molar-refractivity contribution in [1.82, 2.24) is 0 Å². The minimum absolute atomic E-state index is 0.00845. The van der Waals surface area contributed by atoms with Gasteiger partial charge in [-0.2, -0.15) is 0 Å². The molecule has 6 aromatic rings. The number of unbranched alkanes of at least 4 members (excludes halogenated alkanes) is 10. The molecule has 3 saturated heterocycles. The van der Waals surface area contributed by atoms with Crippen molar-refractivity contribution < 1.29 is 32.7 Å². The highest BCUT2D eigenvalue weighted by atomic mass is 32.2. The molecule has 0 radical (unpaired) electrons. The fourth-order valence-electron chi connectivity index (χ4n) is 10.1. The number of benzene rings is 6. The van der Waals surface area contributed by atoms with Crippen LogP contribution in [0.1, 0.15) is 115 Å². The Bertz CT molecular complexity index is 2460. The molecule has 3 heterocycles. The first-order valence-electron chi connectivity index (χ1n) is 28.4. The monoisotopic (exact) mass is 1150 g/mol. The van der Waals surface area contributed by atoms with Crippen molar-refractivity contribution in [2.45, 2.75) is 147 Å². The number of thioether (sulfide) groups is 4. The van der Waals surface area contributed by atoms with Crippen molar-refractivity contribution in [3.8, 4) is 11.5 Å². The van der Waals surface area contributed by atoms with Crippen LogP contribution < -0.4 is 30.2 Å². The van der Waals surface area contributed by atoms with Gasteiger partial charge < -0.3 is 32.7 Å². The van der Waals surface area contributed by atoms with E-state index in [1.54, 1.807) is 11.8 Å². The van der Waals surface area contributed by atoms with E-state index in [0.717, 1.165) is 82.6 Å². The second kappa shape index (κ2) is 32.1. The van der Waals surface area contributed by atoms with Crippen LogP contribution in [0.5, 0.6) is 11.5 Å². The molecule has 7 nitrogen and oxygen atoms in total. The molecule has 3 fully saturated rings. The van der Waals surface area contributed by atoms with Crippen LogP contribution in [0.25, 0.3) is 0 Å². The van der Waals surface area contributed by atoms with Crippen molar-refractivity contribution in [3.05, 3.63) is 181 Å². The van der Waals surface area contributed by atoms with E-state index < -0.39 is 17.1 Å². The van der Waals surface area contributed by atoms with Gasteiger partial charge in [0.1, 0.15) is 11.5 Å². The second-order valence-corrected chi connectivity index (χ2v) is 32.3. The summed E-state index contributed by atoms with van der Waals surface area (Å²) in [5, 5.41) is 23.6. The summed E-state index contributed by atoms with van der Waals surface area (Å²) in [6.45, 7) is 6.74. The fourth-order valence-corrected chi connectivity index (χ4v) is 25.1. The van der Waals surface area contributed by atoms with E-state index in [1.807, 2.05) is 35.3 Å². The summed E-state index contributed by atoms with van der Waals surface area (Å²) in [6.07, 6.45) is 16.7. The van der Waals surface area contributed by atoms with Gasteiger partial charge in [-0.25, -0.2) is 0 Å². The zero-order chi connectivity index (χ0) is 53.4. The Kier molecular flexibility index (Phi) is 24.9. The Labute approximate surface area is 480 Å². The lowest BCUT2D eigenvalue weighted by molar-refractivity contribution is 0.108. The number of aliphatic hydroxyl groups excluding tert-OH is 2. The minimum Gasteiger partial charge on any atom is -0.494 e. The summed E-state index contributed by atoms with van der Waals surface area (Å²) < 4.78 is 35.5. The topological polar surface area (TPSA) is 86.6 Å². The van der Waals surface area contributed by atoms with Gasteiger partial charge in [0.2, 0.25) is 0 Å². The smallest absolute Gasteiger partial charge is 0.399 e. The average Bonchev–Trinajstić information content (AvgIpc) is 4.14. The lowest BCUT2D eigenvalue weighted by Crippen LogP contribution is -2.77. The Morgan fingerprint density at radius 2 is 0.922 bits per heavy atom. The van der Waals surface area contributed by atoms with Gasteiger partial charge >= 0.3 is 17.1 Å². The third kappa shape index (κ3) is 17.5. The SMILES string of the molecule is CCCCCCCCOc1ccc(CSC2C[C@@H]3O[Si](c4ccccc4)(c4ccccc4)O[Si](c4ccccc4)(c4ccccc4)OC[C@H]3S2)cc1.CCCCCCCCOc1ccc(CSC2C[C@H](O)[C@@H](CO)S2)cc1. The quantitative estimate of drug-likeness (QED) is 0.0382. The largest absolute Gasteiger partial charge is 0.494 e. The molecule has 9 rings (SSSR count). The van der Waals surface area contributed by atoms with E-state index in [1.165, 1.54) is 75.3 Å². The average molecular weight is 1150 g/mol. The maximum atomic E-state index is 9.85. The summed E-state index contributed by atoms with van der Waals surface area (Å²) in [6, 6.07) is 59.7. The lowest BCUT2D eigenvalue weighted by atomic mass is 10.1. The van der Waals surface area contributed by atoms with Crippen molar-refractivity contribution in [2.75, 3.05) is 26.4 Å². The highest BCUT2D eigenvalue weighted by Gasteiger charge is 2.58. The molecule has 0 spiro atoms. The summed E-state index contributed by atoms with van der Waals surface area (Å²) >= 11 is 7.58. The molecule has 0 aliphatic carbocycles. The molecule has 3 aliphatic rings. The van der Waals surface area contributed by atoms with Crippen LogP contribution in [0, 0.1) is 0 Å². The molecule has 6 atom stereocenters. The minimum atomic E-state index is -3.35. The highest BCUT2D eigenvalue weighted by Crippen LogP contribution is 2.46. The summed E-state index contributed by atoms with van der Waals surface area (Å²) in [4.78, 5) is 0. The van der Waals surface area contributed by atoms with Crippen molar-refractivity contribution in [2.24, 2.45) is 0 Å². The maximum Gasteiger partial charge on any atom is 0.399 e. The summed E-state index contributed by atoms with van der Waals surface area (Å²) in [5.41, 5.74) is 2.60. The van der Waals surface area contributed by atoms with Crippen molar-refractivity contribution in [3.63, 3.8) is 0 Å². The molecule has 0 aromatic heterocycles. The van der Waals surface area contributed by atoms with Crippen molar-refractivity contribution >= 4 is 84.9 Å². The van der Waals surface area contributed by atoms with Gasteiger partial charge in [-0.1, -0.05) is 224 Å². The number of hydrogen-bond acceptors (Lipinski definition) is 11. The Morgan fingerprint density at radius 1 is 0.506 bits per heavy atom. The number of rotatable bonds is 27. The molecular weight excluding hydrogens is 1070 g/mol. The van der Waals surface area contributed by atoms with Crippen LogP contribution in [-0.2, 0) is 24.5 Å². The number of fused-ring (bicyclic) bond motifs is 1. The zero-order valence-electron chi connectivity index (χ0n) is 45.3. The first-order valence-corrected chi connectivity index (χ1v) is 36.0. The standard InChI is InChI=1S/C44H50O4S2Si2.C20H32O3S2/c1-2-3-4-5-6-19-32-45-37-30-28-36(29-31-37)35-49-44-33-42-43(50-44)34-46-51(38-20-11-7-12-21-38,39-22-13-8-14-23-39)48-52(47-42,40-24-15-9-16-25-40)41-26-17-10-18-27-41;1-2-3-4-5-6-7-12-23-17-10-8-16(9-11-17)15-24-20-13-18(22)19(14-21)25-20/h7-18,20-31,42-44H,2-6,19,32-35H2,1H3;8-11,18-22H,2-7,12-15H2,1H3/t42-,43+,44?;18-,19+,20?/m00/s1. The Balaban J connectivity index is 0.000000263. The molecule has 2 unspecified atom stereocenters. The first-order chi connectivity index (χ1) is 37.9.